The molecule has 2 aromatic carbocycles. The van der Waals surface area contributed by atoms with Gasteiger partial charge in [0, 0.05) is 22.8 Å². The third-order valence-corrected chi connectivity index (χ3v) is 10.3. The Morgan fingerprint density at radius 1 is 0.478 bits per heavy atom. The fraction of sp³-hybridized carbons (Fsp3) is 0.543. The third-order valence-electron chi connectivity index (χ3n) is 10.3. The van der Waals surface area contributed by atoms with Gasteiger partial charge in [0.05, 0.1) is 33.6 Å². The normalized spacial score (nSPS) is 23.0. The molecule has 0 unspecified atom stereocenters. The molecule has 3 fully saturated rings. The lowest BCUT2D eigenvalue weighted by molar-refractivity contribution is 0.00578. The van der Waals surface area contributed by atoms with Gasteiger partial charge in [0.1, 0.15) is 0 Å². The number of para-hydroxylation sites is 2. The molecule has 3 aliphatic heterocycles. The number of hydrogen-bond donors (Lipinski definition) is 2. The van der Waals surface area contributed by atoms with Gasteiger partial charge in [-0.05, 0) is 118 Å². The largest absolute Gasteiger partial charge is 0.512 e. The summed E-state index contributed by atoms with van der Waals surface area (Å²) in [5.74, 6) is 0. The molecule has 4 aromatic rings. The third kappa shape index (κ3) is 7.01. The predicted octanol–water partition coefficient (Wildman–Crippen LogP) is 7.52. The molecule has 0 saturated carbocycles. The standard InChI is InChI=1S/C14H18BNO2.C12H24B2O4.C8H7N.CH4/c1-13(2)14(3,4)18-15(17-13)12-9-10-7-5-6-8-11(10)16-12;1-9(2)10(3,4)16-13(15-9)14-17-11(5,6)12(7,8)18-14;1-2-4-8-7(3-1)5-6-9-8;/h5-9,16H,1-4H3;1-8H3;1-6,9H;1H4. The second kappa shape index (κ2) is 12.5. The Balaban J connectivity index is 0.000000163. The molecule has 2 N–H and O–H groups in total. The molecule has 0 bridgehead atoms. The number of nitrogens with one attached hydrogen (secondary N) is 2. The van der Waals surface area contributed by atoms with Crippen molar-refractivity contribution in [3.8, 4) is 0 Å². The van der Waals surface area contributed by atoms with Gasteiger partial charge >= 0.3 is 21.1 Å². The van der Waals surface area contributed by atoms with E-state index >= 15 is 0 Å². The SMILES string of the molecule is C.CC1(C)OB(B2OC(C)(C)C(C)(C)O2)OC1(C)C.CC1(C)OB(c2cc3ccccc3[nH]2)OC1(C)C.c1ccc2[nH]ccc2c1. The van der Waals surface area contributed by atoms with Gasteiger partial charge in [0.25, 0.3) is 0 Å². The zero-order chi connectivity index (χ0) is 33.1. The maximum absolute atomic E-state index is 6.03. The first-order chi connectivity index (χ1) is 20.7. The number of hydrogen-bond acceptors (Lipinski definition) is 6. The van der Waals surface area contributed by atoms with Crippen molar-refractivity contribution < 1.29 is 27.9 Å². The van der Waals surface area contributed by atoms with E-state index in [9.17, 15) is 0 Å². The highest BCUT2D eigenvalue weighted by atomic mass is 16.7. The lowest BCUT2D eigenvalue weighted by Gasteiger charge is -2.32. The van der Waals surface area contributed by atoms with E-state index in [1.54, 1.807) is 0 Å². The summed E-state index contributed by atoms with van der Waals surface area (Å²) in [6, 6.07) is 20.6. The van der Waals surface area contributed by atoms with Crippen molar-refractivity contribution in [2.45, 2.75) is 124 Å². The minimum atomic E-state index is -0.476. The molecule has 2 aromatic heterocycles. The first-order valence-corrected chi connectivity index (χ1v) is 15.9. The van der Waals surface area contributed by atoms with Crippen LogP contribution in [-0.4, -0.2) is 64.7 Å². The monoisotopic (exact) mass is 630 g/mol. The molecule has 5 heterocycles. The van der Waals surface area contributed by atoms with Crippen molar-refractivity contribution in [3.05, 3.63) is 66.9 Å². The number of H-pyrrole nitrogens is 2. The minimum absolute atomic E-state index is 0. The summed E-state index contributed by atoms with van der Waals surface area (Å²) < 4.78 is 35.9. The van der Waals surface area contributed by atoms with Crippen LogP contribution in [0.5, 0.6) is 0 Å². The molecular formula is C35H53B3N2O6. The van der Waals surface area contributed by atoms with Crippen LogP contribution in [0.25, 0.3) is 21.8 Å². The highest BCUT2D eigenvalue weighted by Gasteiger charge is 2.63. The number of fused-ring (bicyclic) bond motifs is 2. The molecule has 0 radical (unpaired) electrons. The van der Waals surface area contributed by atoms with Gasteiger partial charge in [0.2, 0.25) is 0 Å². The second-order valence-electron chi connectivity index (χ2n) is 15.2. The lowest BCUT2D eigenvalue weighted by atomic mass is 9.49. The van der Waals surface area contributed by atoms with Crippen LogP contribution < -0.4 is 5.59 Å². The quantitative estimate of drug-likeness (QED) is 0.223. The first kappa shape index (κ1) is 36.3. The number of benzene rings is 2. The predicted molar refractivity (Wildman–Crippen MR) is 191 cm³/mol. The zero-order valence-corrected chi connectivity index (χ0v) is 29.0. The summed E-state index contributed by atoms with van der Waals surface area (Å²) in [7, 11) is -1.27. The van der Waals surface area contributed by atoms with E-state index in [1.165, 1.54) is 16.3 Å². The molecule has 8 nitrogen and oxygen atoms in total. The first-order valence-electron chi connectivity index (χ1n) is 15.9. The van der Waals surface area contributed by atoms with Crippen molar-refractivity contribution in [3.63, 3.8) is 0 Å². The number of aromatic amines is 2. The van der Waals surface area contributed by atoms with Gasteiger partial charge in [-0.25, -0.2) is 0 Å². The van der Waals surface area contributed by atoms with E-state index in [4.69, 9.17) is 27.9 Å². The van der Waals surface area contributed by atoms with Gasteiger partial charge in [0.15, 0.2) is 0 Å². The summed E-state index contributed by atoms with van der Waals surface area (Å²) in [6.07, 6.45) is 1.95. The fourth-order valence-electron chi connectivity index (χ4n) is 5.19. The van der Waals surface area contributed by atoms with Gasteiger partial charge < -0.3 is 37.9 Å². The van der Waals surface area contributed by atoms with Crippen LogP contribution in [0.15, 0.2) is 66.9 Å². The van der Waals surface area contributed by atoms with Gasteiger partial charge in [-0.15, -0.1) is 0 Å². The Morgan fingerprint density at radius 3 is 1.30 bits per heavy atom. The minimum Gasteiger partial charge on any atom is -0.405 e. The molecule has 0 atom stereocenters. The van der Waals surface area contributed by atoms with E-state index in [0.29, 0.717) is 0 Å². The molecule has 7 rings (SSSR count). The summed E-state index contributed by atoms with van der Waals surface area (Å²) in [6.45, 7) is 24.5. The molecule has 46 heavy (non-hydrogen) atoms. The molecular weight excluding hydrogens is 577 g/mol. The van der Waals surface area contributed by atoms with Crippen molar-refractivity contribution in [1.82, 2.24) is 9.97 Å². The van der Waals surface area contributed by atoms with E-state index in [1.807, 2.05) is 85.9 Å². The Hall–Kier alpha value is -2.53. The van der Waals surface area contributed by atoms with Crippen LogP contribution in [0.2, 0.25) is 0 Å². The number of aromatic nitrogens is 2. The maximum atomic E-state index is 6.03. The Labute approximate surface area is 277 Å². The summed E-state index contributed by atoms with van der Waals surface area (Å²) in [5, 5.41) is 2.46. The van der Waals surface area contributed by atoms with Crippen LogP contribution in [0.3, 0.4) is 0 Å². The van der Waals surface area contributed by atoms with E-state index in [2.05, 4.69) is 74.1 Å². The van der Waals surface area contributed by atoms with Crippen LogP contribution in [0, 0.1) is 0 Å². The van der Waals surface area contributed by atoms with Gasteiger partial charge in [-0.2, -0.15) is 0 Å². The Morgan fingerprint density at radius 2 is 0.870 bits per heavy atom. The summed E-state index contributed by atoms with van der Waals surface area (Å²) in [4.78, 5) is 6.48. The highest BCUT2D eigenvalue weighted by molar-refractivity contribution is 7.11. The Bertz CT molecular complexity index is 1480. The molecule has 0 aliphatic carbocycles. The molecule has 0 spiro atoms. The van der Waals surface area contributed by atoms with Crippen molar-refractivity contribution in [1.29, 1.82) is 0 Å². The molecule has 11 heteroatoms. The van der Waals surface area contributed by atoms with E-state index in [0.717, 1.165) is 11.1 Å². The van der Waals surface area contributed by atoms with Gasteiger partial charge in [-0.1, -0.05) is 43.8 Å². The van der Waals surface area contributed by atoms with E-state index < -0.39 is 14.0 Å². The van der Waals surface area contributed by atoms with E-state index in [-0.39, 0.29) is 48.2 Å². The zero-order valence-electron chi connectivity index (χ0n) is 29.0. The average molecular weight is 630 g/mol. The summed E-state index contributed by atoms with van der Waals surface area (Å²) >= 11 is 0. The van der Waals surface area contributed by atoms with Crippen molar-refractivity contribution in [2.75, 3.05) is 0 Å². The second-order valence-corrected chi connectivity index (χ2v) is 15.2. The van der Waals surface area contributed by atoms with Crippen LogP contribution >= 0.6 is 0 Å². The van der Waals surface area contributed by atoms with Crippen LogP contribution in [0.1, 0.15) is 90.5 Å². The summed E-state index contributed by atoms with van der Waals surface area (Å²) in [5.41, 5.74) is 1.27. The molecule has 3 aliphatic rings. The van der Waals surface area contributed by atoms with Crippen LogP contribution in [0.4, 0.5) is 0 Å². The topological polar surface area (TPSA) is 87.0 Å². The number of rotatable bonds is 2. The molecule has 248 valence electrons. The van der Waals surface area contributed by atoms with Gasteiger partial charge in [-0.3, -0.25) is 0 Å². The lowest BCUT2D eigenvalue weighted by Crippen LogP contribution is -2.41. The fourth-order valence-corrected chi connectivity index (χ4v) is 5.19. The maximum Gasteiger partial charge on any atom is 0.512 e. The van der Waals surface area contributed by atoms with Crippen molar-refractivity contribution >= 4 is 48.5 Å². The average Bonchev–Trinajstić information content (AvgIpc) is 3.70. The highest BCUT2D eigenvalue weighted by Crippen LogP contribution is 2.43. The van der Waals surface area contributed by atoms with Crippen LogP contribution in [-0.2, 0) is 27.9 Å². The Kier molecular flexibility index (Phi) is 9.86. The molecule has 0 amide bonds. The smallest absolute Gasteiger partial charge is 0.405 e. The van der Waals surface area contributed by atoms with Crippen molar-refractivity contribution in [2.24, 2.45) is 0 Å². The molecule has 3 saturated heterocycles.